The molecule has 1 aliphatic rings. The number of urea groups is 1. The Morgan fingerprint density at radius 2 is 1.87 bits per heavy atom. The van der Waals surface area contributed by atoms with Crippen LogP contribution in [0.1, 0.15) is 50.0 Å². The molecular weight excluding hydrogens is 309 g/mol. The van der Waals surface area contributed by atoms with Gasteiger partial charge in [-0.15, -0.1) is 0 Å². The van der Waals surface area contributed by atoms with Gasteiger partial charge in [0.2, 0.25) is 0 Å². The number of hydrogen-bond acceptors (Lipinski definition) is 2. The Hall–Kier alpha value is -1.73. The number of hydrogen-bond donors (Lipinski definition) is 0. The van der Waals surface area contributed by atoms with Gasteiger partial charge in [0.1, 0.15) is 0 Å². The molecule has 2 rings (SSSR count). The fourth-order valence-corrected chi connectivity index (χ4v) is 2.86. The van der Waals surface area contributed by atoms with E-state index in [0.29, 0.717) is 31.6 Å². The Morgan fingerprint density at radius 1 is 1.30 bits per heavy atom. The molecule has 2 heterocycles. The SMILES string of the molecule is CC(C)c1cc(C(F)(F)F)nn1C1CCN(C(=O)N(C)C)CC1. The zero-order valence-electron chi connectivity index (χ0n) is 13.9. The van der Waals surface area contributed by atoms with Crippen molar-refractivity contribution < 1.29 is 18.0 Å². The number of likely N-dealkylation sites (tertiary alicyclic amines) is 1. The maximum atomic E-state index is 12.9. The molecule has 0 saturated carbocycles. The molecule has 5 nitrogen and oxygen atoms in total. The summed E-state index contributed by atoms with van der Waals surface area (Å²) in [5.74, 6) is -0.0416. The van der Waals surface area contributed by atoms with Gasteiger partial charge in [-0.2, -0.15) is 18.3 Å². The summed E-state index contributed by atoms with van der Waals surface area (Å²) in [6, 6.07) is 0.973. The normalized spacial score (nSPS) is 17.0. The van der Waals surface area contributed by atoms with Crippen molar-refractivity contribution >= 4 is 6.03 Å². The molecule has 0 atom stereocenters. The minimum absolute atomic E-state index is 0.0416. The van der Waals surface area contributed by atoms with Crippen LogP contribution in [0.3, 0.4) is 0 Å². The van der Waals surface area contributed by atoms with Gasteiger partial charge in [-0.25, -0.2) is 4.79 Å². The predicted octanol–water partition coefficient (Wildman–Crippen LogP) is 3.34. The Morgan fingerprint density at radius 3 is 2.30 bits per heavy atom. The average molecular weight is 332 g/mol. The molecule has 1 aromatic rings. The van der Waals surface area contributed by atoms with Gasteiger partial charge in [-0.1, -0.05) is 13.8 Å². The van der Waals surface area contributed by atoms with E-state index >= 15 is 0 Å². The topological polar surface area (TPSA) is 41.4 Å². The third-order valence-corrected chi connectivity index (χ3v) is 4.11. The minimum Gasteiger partial charge on any atom is -0.331 e. The van der Waals surface area contributed by atoms with E-state index in [2.05, 4.69) is 5.10 Å². The molecule has 23 heavy (non-hydrogen) atoms. The number of rotatable bonds is 2. The van der Waals surface area contributed by atoms with E-state index < -0.39 is 11.9 Å². The minimum atomic E-state index is -4.43. The average Bonchev–Trinajstić information content (AvgIpc) is 2.92. The summed E-state index contributed by atoms with van der Waals surface area (Å²) < 4.78 is 40.3. The van der Waals surface area contributed by atoms with Crippen molar-refractivity contribution in [1.82, 2.24) is 19.6 Å². The third-order valence-electron chi connectivity index (χ3n) is 4.11. The molecule has 1 fully saturated rings. The number of alkyl halides is 3. The summed E-state index contributed by atoms with van der Waals surface area (Å²) in [5, 5.41) is 3.81. The van der Waals surface area contributed by atoms with Crippen LogP contribution in [0.25, 0.3) is 0 Å². The van der Waals surface area contributed by atoms with Gasteiger partial charge in [0.05, 0.1) is 6.04 Å². The van der Waals surface area contributed by atoms with Crippen molar-refractivity contribution in [3.05, 3.63) is 17.5 Å². The molecule has 8 heteroatoms. The molecule has 0 aliphatic carbocycles. The molecule has 0 radical (unpaired) electrons. The number of piperidine rings is 1. The van der Waals surface area contributed by atoms with Crippen LogP contribution in [0.5, 0.6) is 0 Å². The van der Waals surface area contributed by atoms with Crippen LogP contribution in [0.2, 0.25) is 0 Å². The van der Waals surface area contributed by atoms with Crippen LogP contribution in [0.4, 0.5) is 18.0 Å². The van der Waals surface area contributed by atoms with Gasteiger partial charge in [0.25, 0.3) is 0 Å². The number of aromatic nitrogens is 2. The third kappa shape index (κ3) is 3.79. The van der Waals surface area contributed by atoms with Crippen molar-refractivity contribution in [1.29, 1.82) is 0 Å². The summed E-state index contributed by atoms with van der Waals surface area (Å²) in [6.07, 6.45) is -3.22. The standard InChI is InChI=1S/C15H23F3N4O/c1-10(2)12-9-13(15(16,17)18)19-22(12)11-5-7-21(8-6-11)14(23)20(3)4/h9-11H,5-8H2,1-4H3. The molecule has 0 bridgehead atoms. The number of amides is 2. The van der Waals surface area contributed by atoms with Crippen LogP contribution < -0.4 is 0 Å². The lowest BCUT2D eigenvalue weighted by atomic mass is 10.0. The summed E-state index contributed by atoms with van der Waals surface area (Å²) in [4.78, 5) is 15.2. The molecule has 1 saturated heterocycles. The highest BCUT2D eigenvalue weighted by Gasteiger charge is 2.36. The van der Waals surface area contributed by atoms with Crippen molar-refractivity contribution in [2.75, 3.05) is 27.2 Å². The second-order valence-corrected chi connectivity index (χ2v) is 6.45. The largest absolute Gasteiger partial charge is 0.435 e. The van der Waals surface area contributed by atoms with Crippen LogP contribution in [-0.2, 0) is 6.18 Å². The van der Waals surface area contributed by atoms with Crippen LogP contribution in [0, 0.1) is 0 Å². The maximum absolute atomic E-state index is 12.9. The molecule has 2 amide bonds. The molecule has 130 valence electrons. The monoisotopic (exact) mass is 332 g/mol. The molecule has 0 aromatic carbocycles. The molecular formula is C15H23F3N4O. The van der Waals surface area contributed by atoms with Gasteiger partial charge in [0, 0.05) is 32.9 Å². The first-order valence-electron chi connectivity index (χ1n) is 7.74. The smallest absolute Gasteiger partial charge is 0.331 e. The Balaban J connectivity index is 2.17. The Labute approximate surface area is 134 Å². The van der Waals surface area contributed by atoms with E-state index in [1.807, 2.05) is 13.8 Å². The van der Waals surface area contributed by atoms with Crippen LogP contribution >= 0.6 is 0 Å². The number of halogens is 3. The van der Waals surface area contributed by atoms with Gasteiger partial charge < -0.3 is 9.80 Å². The van der Waals surface area contributed by atoms with Gasteiger partial charge in [0.15, 0.2) is 5.69 Å². The molecule has 1 aliphatic heterocycles. The number of nitrogens with zero attached hydrogens (tertiary/aromatic N) is 4. The quantitative estimate of drug-likeness (QED) is 0.833. The fraction of sp³-hybridized carbons (Fsp3) is 0.733. The zero-order chi connectivity index (χ0) is 17.4. The first kappa shape index (κ1) is 17.6. The highest BCUT2D eigenvalue weighted by Crippen LogP contribution is 2.33. The summed E-state index contributed by atoms with van der Waals surface area (Å²) >= 11 is 0. The van der Waals surface area contributed by atoms with E-state index in [-0.39, 0.29) is 18.0 Å². The summed E-state index contributed by atoms with van der Waals surface area (Å²) in [7, 11) is 3.38. The zero-order valence-corrected chi connectivity index (χ0v) is 13.9. The van der Waals surface area contributed by atoms with E-state index in [1.54, 1.807) is 19.0 Å². The van der Waals surface area contributed by atoms with E-state index in [4.69, 9.17) is 0 Å². The first-order chi connectivity index (χ1) is 10.6. The Bertz CT molecular complexity index is 558. The first-order valence-corrected chi connectivity index (χ1v) is 7.74. The Kier molecular flexibility index (Phi) is 4.91. The van der Waals surface area contributed by atoms with Crippen molar-refractivity contribution in [2.24, 2.45) is 0 Å². The number of carbonyl (C=O) groups is 1. The van der Waals surface area contributed by atoms with Crippen LogP contribution in [0.15, 0.2) is 6.07 Å². The van der Waals surface area contributed by atoms with Gasteiger partial charge >= 0.3 is 12.2 Å². The summed E-state index contributed by atoms with van der Waals surface area (Å²) in [5.41, 5.74) is -0.247. The van der Waals surface area contributed by atoms with Crippen molar-refractivity contribution in [3.8, 4) is 0 Å². The highest BCUT2D eigenvalue weighted by atomic mass is 19.4. The molecule has 0 spiro atoms. The molecule has 1 aromatic heterocycles. The second-order valence-electron chi connectivity index (χ2n) is 6.45. The number of carbonyl (C=O) groups excluding carboxylic acids is 1. The lowest BCUT2D eigenvalue weighted by Crippen LogP contribution is -2.44. The van der Waals surface area contributed by atoms with E-state index in [9.17, 15) is 18.0 Å². The maximum Gasteiger partial charge on any atom is 0.435 e. The lowest BCUT2D eigenvalue weighted by Gasteiger charge is -2.34. The van der Waals surface area contributed by atoms with Crippen molar-refractivity contribution in [3.63, 3.8) is 0 Å². The molecule has 0 unspecified atom stereocenters. The van der Waals surface area contributed by atoms with Crippen LogP contribution in [-0.4, -0.2) is 52.8 Å². The van der Waals surface area contributed by atoms with Gasteiger partial charge in [-0.3, -0.25) is 4.68 Å². The van der Waals surface area contributed by atoms with E-state index in [1.165, 1.54) is 9.58 Å². The van der Waals surface area contributed by atoms with Crippen molar-refractivity contribution in [2.45, 2.75) is 44.8 Å². The molecule has 0 N–H and O–H groups in total. The summed E-state index contributed by atoms with van der Waals surface area (Å²) in [6.45, 7) is 4.78. The highest BCUT2D eigenvalue weighted by molar-refractivity contribution is 5.73. The fourth-order valence-electron chi connectivity index (χ4n) is 2.86. The van der Waals surface area contributed by atoms with E-state index in [0.717, 1.165) is 6.07 Å². The van der Waals surface area contributed by atoms with Gasteiger partial charge in [-0.05, 0) is 24.8 Å². The lowest BCUT2D eigenvalue weighted by molar-refractivity contribution is -0.141. The second kappa shape index (κ2) is 6.41. The predicted molar refractivity (Wildman–Crippen MR) is 80.2 cm³/mol.